The van der Waals surface area contributed by atoms with Crippen LogP contribution in [0.4, 0.5) is 0 Å². The number of likely N-dealkylation sites (tertiary alicyclic amines) is 1. The predicted octanol–water partition coefficient (Wildman–Crippen LogP) is 0.996. The molecule has 7 nitrogen and oxygen atoms in total. The number of aromatic nitrogens is 2. The lowest BCUT2D eigenvalue weighted by atomic mass is 9.79. The summed E-state index contributed by atoms with van der Waals surface area (Å²) in [7, 11) is 1.80. The number of aliphatic carboxylic acids is 1. The van der Waals surface area contributed by atoms with Gasteiger partial charge >= 0.3 is 5.97 Å². The average Bonchev–Trinajstić information content (AvgIpc) is 3.18. The van der Waals surface area contributed by atoms with Crippen LogP contribution >= 0.6 is 0 Å². The number of nitrogens with zero attached hydrogens (tertiary/aromatic N) is 3. The van der Waals surface area contributed by atoms with Crippen molar-refractivity contribution in [1.29, 1.82) is 0 Å². The highest BCUT2D eigenvalue weighted by molar-refractivity contribution is 5.68. The molecule has 1 saturated heterocycles. The Balaban J connectivity index is 1.61. The smallest absolute Gasteiger partial charge is 0.329 e. The van der Waals surface area contributed by atoms with Gasteiger partial charge in [-0.05, 0) is 25.7 Å². The molecule has 0 aromatic carbocycles. The van der Waals surface area contributed by atoms with Crippen molar-refractivity contribution in [3.63, 3.8) is 0 Å². The van der Waals surface area contributed by atoms with E-state index in [4.69, 9.17) is 14.6 Å². The van der Waals surface area contributed by atoms with Crippen LogP contribution in [0.2, 0.25) is 0 Å². The second kappa shape index (κ2) is 6.98. The zero-order chi connectivity index (χ0) is 16.3. The third kappa shape index (κ3) is 3.57. The summed E-state index contributed by atoms with van der Waals surface area (Å²) in [6.07, 6.45) is 9.27. The van der Waals surface area contributed by atoms with Crippen molar-refractivity contribution in [1.82, 2.24) is 14.5 Å². The number of carbonyl (C=O) groups is 1. The van der Waals surface area contributed by atoms with Crippen LogP contribution in [-0.4, -0.2) is 70.1 Å². The Morgan fingerprint density at radius 2 is 2.30 bits per heavy atom. The molecule has 2 aliphatic rings. The van der Waals surface area contributed by atoms with E-state index >= 15 is 0 Å². The molecule has 128 valence electrons. The number of ether oxygens (including phenoxy) is 2. The topological polar surface area (TPSA) is 76.8 Å². The van der Waals surface area contributed by atoms with Crippen LogP contribution in [0.5, 0.6) is 0 Å². The number of fused-ring (bicyclic) bond motifs is 1. The fourth-order valence-corrected chi connectivity index (χ4v) is 4.03. The zero-order valence-electron chi connectivity index (χ0n) is 13.6. The van der Waals surface area contributed by atoms with Gasteiger partial charge in [0.25, 0.3) is 0 Å². The minimum absolute atomic E-state index is 0.00761. The van der Waals surface area contributed by atoms with Crippen molar-refractivity contribution in [2.45, 2.75) is 50.0 Å². The van der Waals surface area contributed by atoms with Gasteiger partial charge in [0.1, 0.15) is 6.61 Å². The largest absolute Gasteiger partial charge is 0.480 e. The van der Waals surface area contributed by atoms with E-state index in [1.165, 1.54) is 0 Å². The molecule has 23 heavy (non-hydrogen) atoms. The maximum absolute atomic E-state index is 10.7. The summed E-state index contributed by atoms with van der Waals surface area (Å²) in [5, 5.41) is 8.80. The fraction of sp³-hybridized carbons (Fsp3) is 0.750. The zero-order valence-corrected chi connectivity index (χ0v) is 13.6. The second-order valence-corrected chi connectivity index (χ2v) is 6.47. The molecule has 1 aromatic rings. The van der Waals surface area contributed by atoms with Gasteiger partial charge in [-0.2, -0.15) is 0 Å². The number of carboxylic acids is 1. The van der Waals surface area contributed by atoms with E-state index in [0.717, 1.165) is 45.3 Å². The van der Waals surface area contributed by atoms with E-state index in [1.54, 1.807) is 13.3 Å². The Labute approximate surface area is 136 Å². The first-order valence-corrected chi connectivity index (χ1v) is 8.21. The summed E-state index contributed by atoms with van der Waals surface area (Å²) in [5.41, 5.74) is -0.0992. The predicted molar refractivity (Wildman–Crippen MR) is 83.2 cm³/mol. The van der Waals surface area contributed by atoms with Gasteiger partial charge < -0.3 is 19.1 Å². The van der Waals surface area contributed by atoms with Crippen molar-refractivity contribution < 1.29 is 19.4 Å². The molecule has 2 heterocycles. The van der Waals surface area contributed by atoms with E-state index < -0.39 is 5.97 Å². The number of rotatable bonds is 7. The monoisotopic (exact) mass is 323 g/mol. The highest BCUT2D eigenvalue weighted by atomic mass is 16.5. The standard InChI is InChI=1S/C16H25N3O4/c1-22-16-3-2-13(23-11-15(20)21)10-14(16)19(6-4-16)9-8-18-7-5-17-12-18/h5,7,12-14H,2-4,6,8-11H2,1H3,(H,20,21)/t13?,14?,16-/m1/s1. The Morgan fingerprint density at radius 3 is 3.00 bits per heavy atom. The molecule has 2 fully saturated rings. The van der Waals surface area contributed by atoms with Gasteiger partial charge in [-0.3, -0.25) is 4.90 Å². The van der Waals surface area contributed by atoms with Crippen LogP contribution in [-0.2, 0) is 20.8 Å². The number of hydrogen-bond acceptors (Lipinski definition) is 5. The van der Waals surface area contributed by atoms with Crippen LogP contribution < -0.4 is 0 Å². The lowest BCUT2D eigenvalue weighted by Crippen LogP contribution is -2.52. The Hall–Kier alpha value is -1.44. The Kier molecular flexibility index (Phi) is 4.99. The molecule has 0 spiro atoms. The van der Waals surface area contributed by atoms with Gasteiger partial charge in [0.2, 0.25) is 0 Å². The van der Waals surface area contributed by atoms with Gasteiger partial charge in [-0.1, -0.05) is 0 Å². The molecule has 1 aliphatic heterocycles. The van der Waals surface area contributed by atoms with Crippen molar-refractivity contribution >= 4 is 5.97 Å². The quantitative estimate of drug-likeness (QED) is 0.806. The summed E-state index contributed by atoms with van der Waals surface area (Å²) in [6.45, 7) is 2.64. The summed E-state index contributed by atoms with van der Waals surface area (Å²) in [5.74, 6) is -0.906. The normalized spacial score (nSPS) is 31.2. The van der Waals surface area contributed by atoms with E-state index in [2.05, 4.69) is 14.5 Å². The van der Waals surface area contributed by atoms with E-state index in [-0.39, 0.29) is 18.3 Å². The van der Waals surface area contributed by atoms with Crippen LogP contribution in [0, 0.1) is 0 Å². The average molecular weight is 323 g/mol. The lowest BCUT2D eigenvalue weighted by molar-refractivity contribution is -0.148. The SMILES string of the molecule is CO[C@@]12CCC(OCC(=O)O)CC1N(CCn1ccnc1)CC2. The highest BCUT2D eigenvalue weighted by Gasteiger charge is 2.51. The van der Waals surface area contributed by atoms with Crippen molar-refractivity contribution in [2.24, 2.45) is 0 Å². The van der Waals surface area contributed by atoms with Gasteiger partial charge in [0.15, 0.2) is 0 Å². The minimum atomic E-state index is -0.906. The summed E-state index contributed by atoms with van der Waals surface area (Å²) in [4.78, 5) is 17.3. The molecule has 3 atom stereocenters. The molecule has 0 radical (unpaired) electrons. The number of hydrogen-bond donors (Lipinski definition) is 1. The molecule has 0 bridgehead atoms. The first kappa shape index (κ1) is 16.4. The summed E-state index contributed by atoms with van der Waals surface area (Å²) < 4.78 is 13.5. The molecule has 3 rings (SSSR count). The van der Waals surface area contributed by atoms with Gasteiger partial charge in [0.05, 0.1) is 18.0 Å². The molecule has 1 N–H and O–H groups in total. The van der Waals surface area contributed by atoms with Crippen LogP contribution in [0.25, 0.3) is 0 Å². The molecule has 1 aromatic heterocycles. The minimum Gasteiger partial charge on any atom is -0.480 e. The van der Waals surface area contributed by atoms with E-state index in [9.17, 15) is 4.79 Å². The first-order chi connectivity index (χ1) is 11.1. The first-order valence-electron chi connectivity index (χ1n) is 8.21. The lowest BCUT2D eigenvalue weighted by Gasteiger charge is -2.43. The molecule has 7 heteroatoms. The van der Waals surface area contributed by atoms with Gasteiger partial charge in [-0.25, -0.2) is 9.78 Å². The van der Waals surface area contributed by atoms with Crippen molar-refractivity contribution in [2.75, 3.05) is 26.8 Å². The van der Waals surface area contributed by atoms with Crippen molar-refractivity contribution in [3.8, 4) is 0 Å². The molecule has 0 amide bonds. The van der Waals surface area contributed by atoms with Crippen LogP contribution in [0.15, 0.2) is 18.7 Å². The third-order valence-corrected chi connectivity index (χ3v) is 5.30. The maximum atomic E-state index is 10.7. The number of carboxylic acid groups (broad SMARTS) is 1. The molecule has 1 saturated carbocycles. The fourth-order valence-electron chi connectivity index (χ4n) is 4.03. The molecule has 2 unspecified atom stereocenters. The maximum Gasteiger partial charge on any atom is 0.329 e. The summed E-state index contributed by atoms with van der Waals surface area (Å²) >= 11 is 0. The number of imidazole rings is 1. The molecular weight excluding hydrogens is 298 g/mol. The van der Waals surface area contributed by atoms with E-state index in [1.807, 2.05) is 12.5 Å². The Bertz CT molecular complexity index is 521. The molecule has 1 aliphatic carbocycles. The number of methoxy groups -OCH3 is 1. The van der Waals surface area contributed by atoms with Crippen molar-refractivity contribution in [3.05, 3.63) is 18.7 Å². The van der Waals surface area contributed by atoms with Crippen LogP contribution in [0.3, 0.4) is 0 Å². The van der Waals surface area contributed by atoms with Crippen LogP contribution in [0.1, 0.15) is 25.7 Å². The second-order valence-electron chi connectivity index (χ2n) is 6.47. The third-order valence-electron chi connectivity index (χ3n) is 5.30. The highest BCUT2D eigenvalue weighted by Crippen LogP contribution is 2.43. The van der Waals surface area contributed by atoms with E-state index in [0.29, 0.717) is 6.04 Å². The van der Waals surface area contributed by atoms with Gasteiger partial charge in [0, 0.05) is 45.2 Å². The molecular formula is C16H25N3O4. The Morgan fingerprint density at radius 1 is 1.43 bits per heavy atom. The summed E-state index contributed by atoms with van der Waals surface area (Å²) in [6, 6.07) is 0.295. The van der Waals surface area contributed by atoms with Gasteiger partial charge in [-0.15, -0.1) is 0 Å².